The zero-order valence-electron chi connectivity index (χ0n) is 15.2. The van der Waals surface area contributed by atoms with Crippen LogP contribution in [-0.2, 0) is 6.18 Å². The maximum atomic E-state index is 14.1. The lowest BCUT2D eigenvalue weighted by atomic mass is 10.2. The van der Waals surface area contributed by atoms with Gasteiger partial charge in [-0.25, -0.2) is 14.1 Å². The average Bonchev–Trinajstić information content (AvgIpc) is 2.63. The Kier molecular flexibility index (Phi) is 5.51. The number of piperazine rings is 1. The molecular formula is C17H18ClF4N5O. The molecule has 2 aromatic rings. The summed E-state index contributed by atoms with van der Waals surface area (Å²) in [6.45, 7) is 5.00. The number of pyridine rings is 1. The molecule has 28 heavy (non-hydrogen) atoms. The summed E-state index contributed by atoms with van der Waals surface area (Å²) >= 11 is 6.21. The first-order chi connectivity index (χ1) is 13.1. The summed E-state index contributed by atoms with van der Waals surface area (Å²) in [5.74, 6) is -1.16. The van der Waals surface area contributed by atoms with Gasteiger partial charge in [0, 0.05) is 32.4 Å². The topological polar surface area (TPSA) is 54.3 Å². The first kappa shape index (κ1) is 20.4. The molecule has 3 rings (SSSR count). The highest BCUT2D eigenvalue weighted by Crippen LogP contribution is 2.31. The Hall–Kier alpha value is -2.36. The van der Waals surface area contributed by atoms with Gasteiger partial charge in [0.1, 0.15) is 5.02 Å². The van der Waals surface area contributed by atoms with Gasteiger partial charge in [-0.2, -0.15) is 18.3 Å². The average molecular weight is 420 g/mol. The highest BCUT2D eigenvalue weighted by Gasteiger charge is 2.33. The van der Waals surface area contributed by atoms with Crippen molar-refractivity contribution in [2.75, 3.05) is 36.0 Å². The van der Waals surface area contributed by atoms with Crippen LogP contribution < -0.4 is 15.4 Å². The van der Waals surface area contributed by atoms with Crippen LogP contribution in [0.5, 0.6) is 0 Å². The van der Waals surface area contributed by atoms with Gasteiger partial charge >= 0.3 is 6.18 Å². The number of aromatic nitrogens is 3. The summed E-state index contributed by atoms with van der Waals surface area (Å²) in [6.07, 6.45) is -2.52. The van der Waals surface area contributed by atoms with Crippen LogP contribution in [0.15, 0.2) is 23.3 Å². The molecule has 0 aliphatic carbocycles. The lowest BCUT2D eigenvalue weighted by Gasteiger charge is -2.37. The van der Waals surface area contributed by atoms with E-state index in [-0.39, 0.29) is 16.9 Å². The molecule has 0 amide bonds. The van der Waals surface area contributed by atoms with Crippen LogP contribution in [0.4, 0.5) is 29.1 Å². The molecule has 0 aromatic carbocycles. The molecule has 0 bridgehead atoms. The van der Waals surface area contributed by atoms with Crippen molar-refractivity contribution in [2.45, 2.75) is 26.1 Å². The van der Waals surface area contributed by atoms with Crippen LogP contribution in [0.3, 0.4) is 0 Å². The molecule has 0 N–H and O–H groups in total. The van der Waals surface area contributed by atoms with E-state index in [1.54, 1.807) is 4.90 Å². The summed E-state index contributed by atoms with van der Waals surface area (Å²) in [7, 11) is 0. The molecule has 0 spiro atoms. The second-order valence-electron chi connectivity index (χ2n) is 6.69. The first-order valence-electron chi connectivity index (χ1n) is 8.59. The quantitative estimate of drug-likeness (QED) is 0.714. The number of halogens is 5. The maximum Gasteiger partial charge on any atom is 0.417 e. The standard InChI is InChI=1S/C17H18ClF4N5O/c1-10(2)27-16(28)14(18)13(9-24-27)25-3-5-26(6-4-25)15-12(19)7-11(8-23-15)17(20,21)22/h7-10H,3-6H2,1-2H3. The minimum Gasteiger partial charge on any atom is -0.365 e. The van der Waals surface area contributed by atoms with Gasteiger partial charge in [0.25, 0.3) is 5.56 Å². The molecule has 0 atom stereocenters. The molecule has 0 unspecified atom stereocenters. The monoisotopic (exact) mass is 419 g/mol. The summed E-state index contributed by atoms with van der Waals surface area (Å²) in [6, 6.07) is 0.311. The fourth-order valence-corrected chi connectivity index (χ4v) is 3.26. The third-order valence-corrected chi connectivity index (χ3v) is 4.84. The van der Waals surface area contributed by atoms with Crippen LogP contribution in [0, 0.1) is 5.82 Å². The zero-order valence-corrected chi connectivity index (χ0v) is 15.9. The minimum atomic E-state index is -4.65. The SMILES string of the molecule is CC(C)n1ncc(N2CCN(c3ncc(C(F)(F)F)cc3F)CC2)c(Cl)c1=O. The van der Waals surface area contributed by atoms with Crippen LogP contribution in [-0.4, -0.2) is 40.9 Å². The number of nitrogens with zero attached hydrogens (tertiary/aromatic N) is 5. The number of anilines is 2. The molecule has 1 aliphatic rings. The largest absolute Gasteiger partial charge is 0.417 e. The van der Waals surface area contributed by atoms with Gasteiger partial charge in [-0.1, -0.05) is 11.6 Å². The zero-order chi connectivity index (χ0) is 20.6. The molecule has 0 radical (unpaired) electrons. The highest BCUT2D eigenvalue weighted by atomic mass is 35.5. The first-order valence-corrected chi connectivity index (χ1v) is 8.97. The van der Waals surface area contributed by atoms with Gasteiger partial charge < -0.3 is 9.80 Å². The molecule has 0 saturated carbocycles. The maximum absolute atomic E-state index is 14.1. The smallest absolute Gasteiger partial charge is 0.365 e. The predicted octanol–water partition coefficient (Wildman–Crippen LogP) is 3.36. The van der Waals surface area contributed by atoms with E-state index in [4.69, 9.17) is 11.6 Å². The minimum absolute atomic E-state index is 0.0518. The molecule has 6 nitrogen and oxygen atoms in total. The Bertz CT molecular complexity index is 923. The molecule has 1 saturated heterocycles. The van der Waals surface area contributed by atoms with Crippen molar-refractivity contribution in [3.05, 3.63) is 45.2 Å². The van der Waals surface area contributed by atoms with E-state index in [1.807, 2.05) is 18.7 Å². The van der Waals surface area contributed by atoms with E-state index in [9.17, 15) is 22.4 Å². The fourth-order valence-electron chi connectivity index (χ4n) is 3.00. The van der Waals surface area contributed by atoms with Gasteiger partial charge in [-0.05, 0) is 19.9 Å². The van der Waals surface area contributed by atoms with E-state index in [0.29, 0.717) is 44.1 Å². The van der Waals surface area contributed by atoms with Gasteiger partial charge in [0.05, 0.1) is 23.5 Å². The second kappa shape index (κ2) is 7.57. The Morgan fingerprint density at radius 2 is 1.71 bits per heavy atom. The van der Waals surface area contributed by atoms with Crippen molar-refractivity contribution in [1.82, 2.24) is 14.8 Å². The number of hydrogen-bond acceptors (Lipinski definition) is 5. The second-order valence-corrected chi connectivity index (χ2v) is 7.07. The Morgan fingerprint density at radius 1 is 1.11 bits per heavy atom. The summed E-state index contributed by atoms with van der Waals surface area (Å²) in [4.78, 5) is 19.3. The molecule has 152 valence electrons. The van der Waals surface area contributed by atoms with Crippen molar-refractivity contribution in [3.8, 4) is 0 Å². The van der Waals surface area contributed by atoms with Crippen LogP contribution in [0.1, 0.15) is 25.5 Å². The molecule has 1 fully saturated rings. The van der Waals surface area contributed by atoms with Crippen molar-refractivity contribution >= 4 is 23.1 Å². The third-order valence-electron chi connectivity index (χ3n) is 4.48. The summed E-state index contributed by atoms with van der Waals surface area (Å²) in [5.41, 5.74) is -1.05. The molecule has 1 aliphatic heterocycles. The fraction of sp³-hybridized carbons (Fsp3) is 0.471. The van der Waals surface area contributed by atoms with E-state index >= 15 is 0 Å². The molecule has 2 aromatic heterocycles. The van der Waals surface area contributed by atoms with Gasteiger partial charge in [-0.15, -0.1) is 0 Å². The number of alkyl halides is 3. The van der Waals surface area contributed by atoms with E-state index in [2.05, 4.69) is 10.1 Å². The Labute approximate surface area is 163 Å². The van der Waals surface area contributed by atoms with E-state index in [1.165, 1.54) is 10.9 Å². The molecule has 3 heterocycles. The van der Waals surface area contributed by atoms with Crippen molar-refractivity contribution in [3.63, 3.8) is 0 Å². The van der Waals surface area contributed by atoms with Crippen molar-refractivity contribution in [1.29, 1.82) is 0 Å². The normalized spacial score (nSPS) is 15.4. The van der Waals surface area contributed by atoms with E-state index < -0.39 is 23.1 Å². The highest BCUT2D eigenvalue weighted by molar-refractivity contribution is 6.33. The van der Waals surface area contributed by atoms with Gasteiger partial charge in [0.2, 0.25) is 0 Å². The lowest BCUT2D eigenvalue weighted by molar-refractivity contribution is -0.138. The van der Waals surface area contributed by atoms with Crippen molar-refractivity contribution in [2.24, 2.45) is 0 Å². The van der Waals surface area contributed by atoms with Crippen LogP contribution in [0.25, 0.3) is 0 Å². The molecule has 11 heteroatoms. The van der Waals surface area contributed by atoms with Crippen LogP contribution in [0.2, 0.25) is 5.02 Å². The number of rotatable bonds is 3. The Balaban J connectivity index is 1.75. The van der Waals surface area contributed by atoms with Crippen LogP contribution >= 0.6 is 11.6 Å². The van der Waals surface area contributed by atoms with Crippen molar-refractivity contribution < 1.29 is 17.6 Å². The van der Waals surface area contributed by atoms with Gasteiger partial charge in [-0.3, -0.25) is 4.79 Å². The third kappa shape index (κ3) is 3.91. The summed E-state index contributed by atoms with van der Waals surface area (Å²) < 4.78 is 53.4. The predicted molar refractivity (Wildman–Crippen MR) is 97.5 cm³/mol. The lowest BCUT2D eigenvalue weighted by Crippen LogP contribution is -2.47. The molecular weight excluding hydrogens is 402 g/mol. The summed E-state index contributed by atoms with van der Waals surface area (Å²) in [5, 5.41) is 4.18. The van der Waals surface area contributed by atoms with E-state index in [0.717, 1.165) is 0 Å². The number of hydrogen-bond donors (Lipinski definition) is 0. The Morgan fingerprint density at radius 3 is 2.25 bits per heavy atom. The van der Waals surface area contributed by atoms with Gasteiger partial charge in [0.15, 0.2) is 11.6 Å².